The lowest BCUT2D eigenvalue weighted by atomic mass is 10.1. The summed E-state index contributed by atoms with van der Waals surface area (Å²) in [5.74, 6) is 3.23. The maximum absolute atomic E-state index is 12.0. The molecular weight excluding hydrogens is 334 g/mol. The molecule has 0 saturated carbocycles. The zero-order valence-electron chi connectivity index (χ0n) is 13.4. The van der Waals surface area contributed by atoms with Crippen molar-refractivity contribution in [2.45, 2.75) is 25.8 Å². The molecule has 126 valence electrons. The number of carbonyl (C=O) groups excluding carboxylic acids is 1. The summed E-state index contributed by atoms with van der Waals surface area (Å²) >= 11 is 8.14. The van der Waals surface area contributed by atoms with E-state index in [2.05, 4.69) is 5.32 Å². The van der Waals surface area contributed by atoms with E-state index in [1.807, 2.05) is 24.8 Å². The molecule has 1 aliphatic heterocycles. The van der Waals surface area contributed by atoms with Crippen LogP contribution in [0, 0.1) is 0 Å². The van der Waals surface area contributed by atoms with Crippen LogP contribution >= 0.6 is 23.4 Å². The molecule has 4 nitrogen and oxygen atoms in total. The smallest absolute Gasteiger partial charge is 0.244 e. The second-order valence-electron chi connectivity index (χ2n) is 5.20. The first-order chi connectivity index (χ1) is 11.1. The zero-order valence-corrected chi connectivity index (χ0v) is 15.0. The first kappa shape index (κ1) is 18.0. The van der Waals surface area contributed by atoms with Crippen molar-refractivity contribution in [1.82, 2.24) is 5.32 Å². The SMILES string of the molecule is CCOc1cc(/C=C/C(=O)NC2CCSCC2)cc(Cl)c1OC. The van der Waals surface area contributed by atoms with Crippen molar-refractivity contribution in [1.29, 1.82) is 0 Å². The highest BCUT2D eigenvalue weighted by atomic mass is 35.5. The van der Waals surface area contributed by atoms with Gasteiger partial charge in [-0.2, -0.15) is 11.8 Å². The molecule has 0 spiro atoms. The maximum atomic E-state index is 12.0. The van der Waals surface area contributed by atoms with Gasteiger partial charge in [0.15, 0.2) is 11.5 Å². The zero-order chi connectivity index (χ0) is 16.7. The minimum Gasteiger partial charge on any atom is -0.491 e. The van der Waals surface area contributed by atoms with E-state index in [4.69, 9.17) is 21.1 Å². The molecule has 0 unspecified atom stereocenters. The van der Waals surface area contributed by atoms with Crippen LogP contribution in [0.4, 0.5) is 0 Å². The lowest BCUT2D eigenvalue weighted by Crippen LogP contribution is -2.36. The summed E-state index contributed by atoms with van der Waals surface area (Å²) in [4.78, 5) is 12.0. The Labute approximate surface area is 146 Å². The van der Waals surface area contributed by atoms with E-state index in [0.717, 1.165) is 29.9 Å². The number of hydrogen-bond donors (Lipinski definition) is 1. The molecule has 2 rings (SSSR count). The van der Waals surface area contributed by atoms with Crippen molar-refractivity contribution < 1.29 is 14.3 Å². The topological polar surface area (TPSA) is 47.6 Å². The first-order valence-corrected chi connectivity index (χ1v) is 9.24. The number of halogens is 1. The summed E-state index contributed by atoms with van der Waals surface area (Å²) in [6.07, 6.45) is 5.34. The van der Waals surface area contributed by atoms with Crippen LogP contribution in [0.3, 0.4) is 0 Å². The largest absolute Gasteiger partial charge is 0.491 e. The van der Waals surface area contributed by atoms with E-state index in [1.54, 1.807) is 19.3 Å². The average molecular weight is 356 g/mol. The van der Waals surface area contributed by atoms with E-state index >= 15 is 0 Å². The molecule has 0 aliphatic carbocycles. The van der Waals surface area contributed by atoms with Gasteiger partial charge in [-0.05, 0) is 55.0 Å². The number of nitrogens with one attached hydrogen (secondary N) is 1. The van der Waals surface area contributed by atoms with Gasteiger partial charge in [0.25, 0.3) is 0 Å². The highest BCUT2D eigenvalue weighted by Crippen LogP contribution is 2.36. The molecule has 1 N–H and O–H groups in total. The van der Waals surface area contributed by atoms with Gasteiger partial charge in [0, 0.05) is 12.1 Å². The summed E-state index contributed by atoms with van der Waals surface area (Å²) < 4.78 is 10.8. The van der Waals surface area contributed by atoms with Crippen molar-refractivity contribution >= 4 is 35.3 Å². The predicted octanol–water partition coefficient (Wildman–Crippen LogP) is 3.77. The molecule has 0 atom stereocenters. The molecule has 1 aromatic carbocycles. The molecule has 6 heteroatoms. The summed E-state index contributed by atoms with van der Waals surface area (Å²) in [7, 11) is 1.55. The Balaban J connectivity index is 2.04. The maximum Gasteiger partial charge on any atom is 0.244 e. The van der Waals surface area contributed by atoms with Gasteiger partial charge < -0.3 is 14.8 Å². The molecule has 0 bridgehead atoms. The number of benzene rings is 1. The normalized spacial score (nSPS) is 15.6. The monoisotopic (exact) mass is 355 g/mol. The Bertz CT molecular complexity index is 571. The Morgan fingerprint density at radius 3 is 2.83 bits per heavy atom. The molecule has 1 saturated heterocycles. The number of ether oxygens (including phenoxy) is 2. The number of methoxy groups -OCH3 is 1. The Morgan fingerprint density at radius 1 is 1.43 bits per heavy atom. The van der Waals surface area contributed by atoms with E-state index in [9.17, 15) is 4.79 Å². The van der Waals surface area contributed by atoms with Crippen LogP contribution < -0.4 is 14.8 Å². The minimum absolute atomic E-state index is 0.0770. The average Bonchev–Trinajstić information content (AvgIpc) is 2.54. The standard InChI is InChI=1S/C17H22ClNO3S/c1-3-22-15-11-12(10-14(18)17(15)21-2)4-5-16(20)19-13-6-8-23-9-7-13/h4-5,10-11,13H,3,6-9H2,1-2H3,(H,19,20)/b5-4+. The van der Waals surface area contributed by atoms with Crippen LogP contribution in [0.25, 0.3) is 6.08 Å². The van der Waals surface area contributed by atoms with Crippen LogP contribution in [-0.2, 0) is 4.79 Å². The first-order valence-electron chi connectivity index (χ1n) is 7.70. The van der Waals surface area contributed by atoms with Gasteiger partial charge in [0.2, 0.25) is 5.91 Å². The molecule has 1 aromatic rings. The van der Waals surface area contributed by atoms with Gasteiger partial charge in [-0.3, -0.25) is 4.79 Å². The molecule has 1 aliphatic rings. The van der Waals surface area contributed by atoms with Gasteiger partial charge in [0.05, 0.1) is 18.7 Å². The van der Waals surface area contributed by atoms with Crippen molar-refractivity contribution in [3.63, 3.8) is 0 Å². The summed E-state index contributed by atoms with van der Waals surface area (Å²) in [5, 5.41) is 3.50. The van der Waals surface area contributed by atoms with Crippen molar-refractivity contribution in [2.24, 2.45) is 0 Å². The Morgan fingerprint density at radius 2 is 2.17 bits per heavy atom. The lowest BCUT2D eigenvalue weighted by Gasteiger charge is -2.21. The van der Waals surface area contributed by atoms with Crippen molar-refractivity contribution in [3.8, 4) is 11.5 Å². The van der Waals surface area contributed by atoms with Crippen LogP contribution in [0.15, 0.2) is 18.2 Å². The fourth-order valence-corrected chi connectivity index (χ4v) is 3.81. The van der Waals surface area contributed by atoms with E-state index in [-0.39, 0.29) is 11.9 Å². The molecule has 1 fully saturated rings. The Kier molecular flexibility index (Phi) is 7.12. The summed E-state index contributed by atoms with van der Waals surface area (Å²) in [6, 6.07) is 3.85. The van der Waals surface area contributed by atoms with Gasteiger partial charge in [0.1, 0.15) is 0 Å². The number of carbonyl (C=O) groups is 1. The van der Waals surface area contributed by atoms with Gasteiger partial charge in [-0.25, -0.2) is 0 Å². The number of thioether (sulfide) groups is 1. The minimum atomic E-state index is -0.0770. The van der Waals surface area contributed by atoms with Crippen LogP contribution in [-0.4, -0.2) is 37.2 Å². The fourth-order valence-electron chi connectivity index (χ4n) is 2.41. The molecule has 1 amide bonds. The van der Waals surface area contributed by atoms with Gasteiger partial charge in [-0.15, -0.1) is 0 Å². The molecule has 0 radical (unpaired) electrons. The second kappa shape index (κ2) is 9.08. The summed E-state index contributed by atoms with van der Waals surface area (Å²) in [6.45, 7) is 2.41. The second-order valence-corrected chi connectivity index (χ2v) is 6.83. The van der Waals surface area contributed by atoms with Crippen LogP contribution in [0.1, 0.15) is 25.3 Å². The molecule has 1 heterocycles. The predicted molar refractivity (Wildman–Crippen MR) is 96.7 cm³/mol. The van der Waals surface area contributed by atoms with Crippen molar-refractivity contribution in [2.75, 3.05) is 25.2 Å². The lowest BCUT2D eigenvalue weighted by molar-refractivity contribution is -0.117. The number of rotatable bonds is 6. The van der Waals surface area contributed by atoms with Crippen LogP contribution in [0.5, 0.6) is 11.5 Å². The summed E-state index contributed by atoms with van der Waals surface area (Å²) in [5.41, 5.74) is 0.800. The molecule has 0 aromatic heterocycles. The third kappa shape index (κ3) is 5.36. The number of hydrogen-bond acceptors (Lipinski definition) is 4. The van der Waals surface area contributed by atoms with Crippen LogP contribution in [0.2, 0.25) is 5.02 Å². The third-order valence-electron chi connectivity index (χ3n) is 3.53. The van der Waals surface area contributed by atoms with E-state index in [0.29, 0.717) is 23.1 Å². The third-order valence-corrected chi connectivity index (χ3v) is 4.86. The molecule has 23 heavy (non-hydrogen) atoms. The number of amides is 1. The van der Waals surface area contributed by atoms with Gasteiger partial charge >= 0.3 is 0 Å². The fraction of sp³-hybridized carbons (Fsp3) is 0.471. The van der Waals surface area contributed by atoms with Crippen molar-refractivity contribution in [3.05, 3.63) is 28.8 Å². The van der Waals surface area contributed by atoms with E-state index in [1.165, 1.54) is 6.08 Å². The Hall–Kier alpha value is -1.33. The van der Waals surface area contributed by atoms with E-state index < -0.39 is 0 Å². The highest BCUT2D eigenvalue weighted by Gasteiger charge is 2.15. The van der Waals surface area contributed by atoms with Gasteiger partial charge in [-0.1, -0.05) is 11.6 Å². The quantitative estimate of drug-likeness (QED) is 0.789. The highest BCUT2D eigenvalue weighted by molar-refractivity contribution is 7.99. The molecular formula is C17H22ClNO3S.